The number of aromatic nitrogens is 1. The predicted molar refractivity (Wildman–Crippen MR) is 129 cm³/mol. The second kappa shape index (κ2) is 11.1. The lowest BCUT2D eigenvalue weighted by atomic mass is 9.97. The number of halogens is 3. The third-order valence-corrected chi connectivity index (χ3v) is 6.25. The summed E-state index contributed by atoms with van der Waals surface area (Å²) < 4.78 is 11.2. The number of hydrogen-bond acceptors (Lipinski definition) is 6. The topological polar surface area (TPSA) is 76.0 Å². The van der Waals surface area contributed by atoms with Crippen LogP contribution in [0.1, 0.15) is 38.7 Å². The van der Waals surface area contributed by atoms with E-state index < -0.39 is 0 Å². The van der Waals surface area contributed by atoms with E-state index in [1.54, 1.807) is 24.4 Å². The molecule has 1 fully saturated rings. The number of nitrogens with zero attached hydrogens (tertiary/aromatic N) is 3. The maximum atomic E-state index is 12.7. The Balaban J connectivity index is 1.63. The molecule has 1 aromatic heterocycles. The highest BCUT2D eigenvalue weighted by atomic mass is 35.5. The van der Waals surface area contributed by atoms with E-state index >= 15 is 0 Å². The molecule has 2 atom stereocenters. The van der Waals surface area contributed by atoms with Gasteiger partial charge < -0.3 is 14.4 Å². The first-order valence-corrected chi connectivity index (χ1v) is 11.4. The molecule has 3 rings (SSSR count). The van der Waals surface area contributed by atoms with Gasteiger partial charge in [-0.25, -0.2) is 4.98 Å². The van der Waals surface area contributed by atoms with Gasteiger partial charge in [0.2, 0.25) is 0 Å². The van der Waals surface area contributed by atoms with Crippen LogP contribution >= 0.6 is 34.8 Å². The first kappa shape index (κ1) is 24.4. The molecule has 0 spiro atoms. The van der Waals surface area contributed by atoms with Crippen molar-refractivity contribution in [2.24, 2.45) is 5.10 Å². The maximum Gasteiger partial charge on any atom is 0.260 e. The molecule has 1 aliphatic rings. The van der Waals surface area contributed by atoms with E-state index in [2.05, 4.69) is 29.4 Å². The number of benzene rings is 1. The number of carbonyl (C=O) groups is 1. The Bertz CT molecular complexity index is 993. The van der Waals surface area contributed by atoms with Crippen LogP contribution in [0.2, 0.25) is 15.2 Å². The van der Waals surface area contributed by atoms with E-state index in [1.165, 1.54) is 13.2 Å². The van der Waals surface area contributed by atoms with Crippen LogP contribution in [0.3, 0.4) is 0 Å². The number of amides is 1. The number of piperidine rings is 1. The fourth-order valence-electron chi connectivity index (χ4n) is 3.70. The average molecular weight is 500 g/mol. The van der Waals surface area contributed by atoms with Gasteiger partial charge in [0, 0.05) is 12.1 Å². The Hall–Kier alpha value is -2.22. The number of hydrazone groups is 1. The Labute approximate surface area is 202 Å². The van der Waals surface area contributed by atoms with Gasteiger partial charge >= 0.3 is 0 Å². The molecule has 32 heavy (non-hydrogen) atoms. The van der Waals surface area contributed by atoms with Crippen LogP contribution in [0.15, 0.2) is 29.4 Å². The zero-order chi connectivity index (χ0) is 23.3. The monoisotopic (exact) mass is 498 g/mol. The number of ether oxygens (including phenoxy) is 2. The van der Waals surface area contributed by atoms with E-state index in [9.17, 15) is 4.79 Å². The summed E-state index contributed by atoms with van der Waals surface area (Å²) in [5.41, 5.74) is 3.47. The van der Waals surface area contributed by atoms with Crippen LogP contribution in [0.5, 0.6) is 11.5 Å². The second-order valence-electron chi connectivity index (χ2n) is 7.59. The van der Waals surface area contributed by atoms with Crippen LogP contribution < -0.4 is 14.9 Å². The molecule has 0 bridgehead atoms. The quantitative estimate of drug-likeness (QED) is 0.302. The van der Waals surface area contributed by atoms with Crippen LogP contribution in [0, 0.1) is 0 Å². The summed E-state index contributed by atoms with van der Waals surface area (Å²) in [6.07, 6.45) is 4.75. The Morgan fingerprint density at radius 2 is 1.91 bits per heavy atom. The third-order valence-electron chi connectivity index (χ3n) is 5.29. The van der Waals surface area contributed by atoms with Crippen LogP contribution in [0.4, 0.5) is 5.82 Å². The van der Waals surface area contributed by atoms with Crippen LogP contribution in [0.25, 0.3) is 0 Å². The fourth-order valence-corrected chi connectivity index (χ4v) is 4.24. The van der Waals surface area contributed by atoms with Gasteiger partial charge in [-0.05, 0) is 62.9 Å². The van der Waals surface area contributed by atoms with Crippen molar-refractivity contribution < 1.29 is 14.3 Å². The maximum absolute atomic E-state index is 12.7. The summed E-state index contributed by atoms with van der Waals surface area (Å²) in [6.45, 7) is 4.12. The molecule has 172 valence electrons. The summed E-state index contributed by atoms with van der Waals surface area (Å²) in [6, 6.07) is 7.21. The molecular weight excluding hydrogens is 475 g/mol. The molecule has 0 radical (unpaired) electrons. The van der Waals surface area contributed by atoms with Gasteiger partial charge in [0.1, 0.15) is 5.15 Å². The van der Waals surface area contributed by atoms with Gasteiger partial charge in [-0.3, -0.25) is 10.2 Å². The smallest absolute Gasteiger partial charge is 0.260 e. The molecular formula is C22H25Cl3N4O3. The van der Waals surface area contributed by atoms with Gasteiger partial charge in [-0.2, -0.15) is 5.10 Å². The number of rotatable bonds is 7. The van der Waals surface area contributed by atoms with Crippen molar-refractivity contribution in [2.45, 2.75) is 45.2 Å². The van der Waals surface area contributed by atoms with Crippen molar-refractivity contribution in [1.82, 2.24) is 9.88 Å². The highest BCUT2D eigenvalue weighted by molar-refractivity contribution is 6.42. The van der Waals surface area contributed by atoms with Crippen molar-refractivity contribution in [3.05, 3.63) is 45.0 Å². The number of nitrogens with one attached hydrogen (secondary N) is 1. The SMILES string of the molecule is COc1cc(/C=N\Nc2nc(Cl)c(Cl)cc2Cl)ccc1OCC(=O)N1[C@H](C)CCC[C@H]1C. The molecule has 2 heterocycles. The van der Waals surface area contributed by atoms with E-state index in [0.717, 1.165) is 24.8 Å². The van der Waals surface area contributed by atoms with Crippen molar-refractivity contribution in [3.63, 3.8) is 0 Å². The number of pyridine rings is 1. The molecule has 1 aliphatic heterocycles. The molecule has 0 aliphatic carbocycles. The summed E-state index contributed by atoms with van der Waals surface area (Å²) in [4.78, 5) is 18.7. The van der Waals surface area contributed by atoms with Gasteiger partial charge in [-0.15, -0.1) is 0 Å². The largest absolute Gasteiger partial charge is 0.493 e. The standard InChI is InChI=1S/C22H25Cl3N4O3/c1-13-5-4-6-14(2)29(13)20(30)12-32-18-8-7-15(9-19(18)31-3)11-26-28-22-17(24)10-16(23)21(25)27-22/h7-11,13-14H,4-6,12H2,1-3H3,(H,27,28)/b26-11-/t13-,14-/m1/s1. The summed E-state index contributed by atoms with van der Waals surface area (Å²) in [5, 5.41) is 4.79. The molecule has 0 unspecified atom stereocenters. The molecule has 1 aromatic carbocycles. The first-order valence-electron chi connectivity index (χ1n) is 10.2. The van der Waals surface area contributed by atoms with Gasteiger partial charge in [0.15, 0.2) is 23.9 Å². The number of anilines is 1. The van der Waals surface area contributed by atoms with Crippen LogP contribution in [-0.4, -0.2) is 47.8 Å². The van der Waals surface area contributed by atoms with Crippen molar-refractivity contribution in [3.8, 4) is 11.5 Å². The summed E-state index contributed by atoms with van der Waals surface area (Å²) in [7, 11) is 1.54. The molecule has 0 saturated carbocycles. The lowest BCUT2D eigenvalue weighted by molar-refractivity contribution is -0.139. The highest BCUT2D eigenvalue weighted by Crippen LogP contribution is 2.30. The lowest BCUT2D eigenvalue weighted by Crippen LogP contribution is -2.49. The van der Waals surface area contributed by atoms with Gasteiger partial charge in [-0.1, -0.05) is 34.8 Å². The molecule has 1 N–H and O–H groups in total. The Morgan fingerprint density at radius 1 is 1.19 bits per heavy atom. The van der Waals surface area contributed by atoms with Gasteiger partial charge in [0.05, 0.1) is 23.4 Å². The molecule has 2 aromatic rings. The fraction of sp³-hybridized carbons (Fsp3) is 0.409. The summed E-state index contributed by atoms with van der Waals surface area (Å²) in [5.74, 6) is 1.24. The van der Waals surface area contributed by atoms with Crippen molar-refractivity contribution in [1.29, 1.82) is 0 Å². The predicted octanol–water partition coefficient (Wildman–Crippen LogP) is 5.66. The Morgan fingerprint density at radius 3 is 2.59 bits per heavy atom. The van der Waals surface area contributed by atoms with E-state index in [4.69, 9.17) is 44.3 Å². The zero-order valence-electron chi connectivity index (χ0n) is 18.1. The number of methoxy groups -OCH3 is 1. The molecule has 7 nitrogen and oxygen atoms in total. The third kappa shape index (κ3) is 5.97. The summed E-state index contributed by atoms with van der Waals surface area (Å²) >= 11 is 17.9. The van der Waals surface area contributed by atoms with E-state index in [-0.39, 0.29) is 40.6 Å². The molecule has 10 heteroatoms. The number of likely N-dealkylation sites (tertiary alicyclic amines) is 1. The normalized spacial score (nSPS) is 18.6. The Kier molecular flexibility index (Phi) is 8.45. The average Bonchev–Trinajstić information content (AvgIpc) is 2.76. The van der Waals surface area contributed by atoms with E-state index in [0.29, 0.717) is 16.5 Å². The van der Waals surface area contributed by atoms with Crippen molar-refractivity contribution >= 4 is 52.7 Å². The highest BCUT2D eigenvalue weighted by Gasteiger charge is 2.29. The lowest BCUT2D eigenvalue weighted by Gasteiger charge is -2.39. The minimum atomic E-state index is -0.0402. The molecule has 1 amide bonds. The van der Waals surface area contributed by atoms with Crippen molar-refractivity contribution in [2.75, 3.05) is 19.1 Å². The van der Waals surface area contributed by atoms with Gasteiger partial charge in [0.25, 0.3) is 5.91 Å². The molecule has 1 saturated heterocycles. The first-order chi connectivity index (χ1) is 15.3. The number of hydrogen-bond donors (Lipinski definition) is 1. The number of carbonyl (C=O) groups excluding carboxylic acids is 1. The zero-order valence-corrected chi connectivity index (χ0v) is 20.3. The minimum absolute atomic E-state index is 0.0207. The second-order valence-corrected chi connectivity index (χ2v) is 8.76. The minimum Gasteiger partial charge on any atom is -0.493 e. The van der Waals surface area contributed by atoms with Crippen LogP contribution in [-0.2, 0) is 4.79 Å². The van der Waals surface area contributed by atoms with E-state index in [1.807, 2.05) is 4.90 Å².